The van der Waals surface area contributed by atoms with Gasteiger partial charge in [0.05, 0.1) is 4.43 Å². The topological polar surface area (TPSA) is 20.3 Å². The first kappa shape index (κ1) is 14.5. The van der Waals surface area contributed by atoms with Gasteiger partial charge in [0.15, 0.2) is 0 Å². The van der Waals surface area contributed by atoms with E-state index in [1.54, 1.807) is 0 Å². The summed E-state index contributed by atoms with van der Waals surface area (Å²) in [6, 6.07) is 10.2. The molecule has 1 amide bonds. The van der Waals surface area contributed by atoms with E-state index in [4.69, 9.17) is 0 Å². The summed E-state index contributed by atoms with van der Waals surface area (Å²) >= 11 is 2.14. The van der Waals surface area contributed by atoms with Crippen molar-refractivity contribution < 1.29 is 4.79 Å². The van der Waals surface area contributed by atoms with Crippen LogP contribution in [0.4, 0.5) is 0 Å². The van der Waals surface area contributed by atoms with Crippen LogP contribution in [-0.2, 0) is 11.3 Å². The minimum Gasteiger partial charge on any atom is -0.338 e. The van der Waals surface area contributed by atoms with Gasteiger partial charge in [0.25, 0.3) is 0 Å². The van der Waals surface area contributed by atoms with Crippen LogP contribution < -0.4 is 0 Å². The van der Waals surface area contributed by atoms with Crippen molar-refractivity contribution in [3.63, 3.8) is 0 Å². The van der Waals surface area contributed by atoms with Crippen molar-refractivity contribution in [1.82, 2.24) is 4.90 Å². The first-order chi connectivity index (χ1) is 8.27. The summed E-state index contributed by atoms with van der Waals surface area (Å²) in [5.74, 6) is 0.241. The average molecular weight is 345 g/mol. The van der Waals surface area contributed by atoms with Gasteiger partial charge in [-0.1, -0.05) is 72.7 Å². The van der Waals surface area contributed by atoms with E-state index in [0.29, 0.717) is 4.43 Å². The Bertz CT molecular complexity index is 326. The molecule has 17 heavy (non-hydrogen) atoms. The van der Waals surface area contributed by atoms with Gasteiger partial charge >= 0.3 is 0 Å². The molecule has 0 saturated carbocycles. The molecule has 0 aromatic heterocycles. The maximum atomic E-state index is 11.8. The van der Waals surface area contributed by atoms with E-state index >= 15 is 0 Å². The number of hydrogen-bond acceptors (Lipinski definition) is 1. The van der Waals surface area contributed by atoms with Crippen LogP contribution in [0.3, 0.4) is 0 Å². The number of carbonyl (C=O) groups is 1. The van der Waals surface area contributed by atoms with Crippen molar-refractivity contribution in [2.24, 2.45) is 0 Å². The Kier molecular flexibility index (Phi) is 7.24. The van der Waals surface area contributed by atoms with E-state index in [-0.39, 0.29) is 5.91 Å². The number of amides is 1. The normalized spacial score (nSPS) is 10.2. The molecule has 0 fully saturated rings. The molecular formula is C14H20INO. The lowest BCUT2D eigenvalue weighted by atomic mass is 10.2. The number of hydrogen-bond donors (Lipinski definition) is 0. The number of alkyl halides is 1. The molecule has 0 bridgehead atoms. The van der Waals surface area contributed by atoms with Crippen LogP contribution in [0, 0.1) is 0 Å². The third kappa shape index (κ3) is 5.52. The largest absolute Gasteiger partial charge is 0.338 e. The summed E-state index contributed by atoms with van der Waals surface area (Å²) < 4.78 is 0.566. The van der Waals surface area contributed by atoms with Crippen molar-refractivity contribution in [2.45, 2.75) is 32.7 Å². The van der Waals surface area contributed by atoms with Crippen molar-refractivity contribution in [3.8, 4) is 0 Å². The fraction of sp³-hybridized carbons (Fsp3) is 0.500. The first-order valence-corrected chi connectivity index (χ1v) is 7.68. The van der Waals surface area contributed by atoms with Crippen LogP contribution in [0.15, 0.2) is 30.3 Å². The maximum absolute atomic E-state index is 11.8. The molecule has 0 unspecified atom stereocenters. The molecular weight excluding hydrogens is 325 g/mol. The van der Waals surface area contributed by atoms with E-state index in [1.807, 2.05) is 23.1 Å². The van der Waals surface area contributed by atoms with Crippen molar-refractivity contribution in [1.29, 1.82) is 0 Å². The number of nitrogens with zero attached hydrogens (tertiary/aromatic N) is 1. The monoisotopic (exact) mass is 345 g/mol. The summed E-state index contributed by atoms with van der Waals surface area (Å²) in [5.41, 5.74) is 1.21. The van der Waals surface area contributed by atoms with Gasteiger partial charge in [-0.05, 0) is 12.0 Å². The number of unbranched alkanes of at least 4 members (excludes halogenated alkanes) is 2. The molecule has 94 valence electrons. The molecule has 0 atom stereocenters. The molecule has 0 saturated heterocycles. The fourth-order valence-corrected chi connectivity index (χ4v) is 2.22. The molecule has 0 radical (unpaired) electrons. The summed E-state index contributed by atoms with van der Waals surface area (Å²) in [4.78, 5) is 13.8. The van der Waals surface area contributed by atoms with Gasteiger partial charge in [-0.25, -0.2) is 0 Å². The molecule has 2 nitrogen and oxygen atoms in total. The Balaban J connectivity index is 2.54. The average Bonchev–Trinajstić information content (AvgIpc) is 2.38. The van der Waals surface area contributed by atoms with Crippen LogP contribution >= 0.6 is 22.6 Å². The number of rotatable bonds is 7. The van der Waals surface area contributed by atoms with Crippen LogP contribution in [0.5, 0.6) is 0 Å². The second-order valence-corrected chi connectivity index (χ2v) is 4.90. The molecule has 1 aromatic rings. The Morgan fingerprint density at radius 1 is 1.24 bits per heavy atom. The highest BCUT2D eigenvalue weighted by Crippen LogP contribution is 2.08. The summed E-state index contributed by atoms with van der Waals surface area (Å²) in [7, 11) is 0. The Morgan fingerprint density at radius 2 is 1.94 bits per heavy atom. The quantitative estimate of drug-likeness (QED) is 0.420. The van der Waals surface area contributed by atoms with Crippen LogP contribution in [0.2, 0.25) is 0 Å². The molecule has 1 aromatic carbocycles. The molecule has 0 aliphatic carbocycles. The van der Waals surface area contributed by atoms with E-state index in [2.05, 4.69) is 41.6 Å². The highest BCUT2D eigenvalue weighted by molar-refractivity contribution is 14.1. The van der Waals surface area contributed by atoms with Crippen molar-refractivity contribution in [3.05, 3.63) is 35.9 Å². The van der Waals surface area contributed by atoms with Crippen molar-refractivity contribution in [2.75, 3.05) is 11.0 Å². The van der Waals surface area contributed by atoms with E-state index in [0.717, 1.165) is 19.5 Å². The predicted octanol–water partition coefficient (Wildman–Crippen LogP) is 3.64. The smallest absolute Gasteiger partial charge is 0.232 e. The highest BCUT2D eigenvalue weighted by Gasteiger charge is 2.11. The molecule has 0 aliphatic rings. The lowest BCUT2D eigenvalue weighted by molar-refractivity contribution is -0.128. The zero-order valence-corrected chi connectivity index (χ0v) is 12.5. The molecule has 3 heteroatoms. The predicted molar refractivity (Wildman–Crippen MR) is 80.3 cm³/mol. The summed E-state index contributed by atoms with van der Waals surface area (Å²) in [6.07, 6.45) is 3.49. The van der Waals surface area contributed by atoms with Crippen LogP contribution in [0.25, 0.3) is 0 Å². The van der Waals surface area contributed by atoms with Gasteiger partial charge in [0.2, 0.25) is 5.91 Å². The van der Waals surface area contributed by atoms with Gasteiger partial charge in [0, 0.05) is 13.1 Å². The minimum absolute atomic E-state index is 0.241. The van der Waals surface area contributed by atoms with Gasteiger partial charge in [-0.3, -0.25) is 4.79 Å². The molecule has 0 N–H and O–H groups in total. The Hall–Kier alpha value is -0.580. The molecule has 1 rings (SSSR count). The number of halogens is 1. The minimum atomic E-state index is 0.241. The second-order valence-electron chi connectivity index (χ2n) is 4.14. The third-order valence-corrected chi connectivity index (χ3v) is 3.37. The fourth-order valence-electron chi connectivity index (χ4n) is 1.73. The molecule has 0 heterocycles. The second kappa shape index (κ2) is 8.50. The van der Waals surface area contributed by atoms with E-state index in [1.165, 1.54) is 18.4 Å². The SMILES string of the molecule is CCCCCN(Cc1ccccc1)C(=O)CI. The van der Waals surface area contributed by atoms with Gasteiger partial charge in [-0.2, -0.15) is 0 Å². The summed E-state index contributed by atoms with van der Waals surface area (Å²) in [5, 5.41) is 0. The highest BCUT2D eigenvalue weighted by atomic mass is 127. The van der Waals surface area contributed by atoms with Crippen LogP contribution in [0.1, 0.15) is 31.7 Å². The molecule has 0 spiro atoms. The first-order valence-electron chi connectivity index (χ1n) is 6.15. The Morgan fingerprint density at radius 3 is 2.53 bits per heavy atom. The van der Waals surface area contributed by atoms with Gasteiger partial charge in [-0.15, -0.1) is 0 Å². The zero-order chi connectivity index (χ0) is 12.5. The van der Waals surface area contributed by atoms with E-state index in [9.17, 15) is 4.79 Å². The van der Waals surface area contributed by atoms with Crippen LogP contribution in [-0.4, -0.2) is 21.8 Å². The lowest BCUT2D eigenvalue weighted by Crippen LogP contribution is -2.32. The van der Waals surface area contributed by atoms with Gasteiger partial charge < -0.3 is 4.90 Å². The number of carbonyl (C=O) groups excluding carboxylic acids is 1. The number of benzene rings is 1. The van der Waals surface area contributed by atoms with Gasteiger partial charge in [0.1, 0.15) is 0 Å². The van der Waals surface area contributed by atoms with Crippen molar-refractivity contribution >= 4 is 28.5 Å². The third-order valence-electron chi connectivity index (χ3n) is 2.71. The van der Waals surface area contributed by atoms with E-state index < -0.39 is 0 Å². The summed E-state index contributed by atoms with van der Waals surface area (Å²) in [6.45, 7) is 3.80. The molecule has 0 aliphatic heterocycles. The lowest BCUT2D eigenvalue weighted by Gasteiger charge is -2.22. The zero-order valence-electron chi connectivity index (χ0n) is 10.4. The standard InChI is InChI=1S/C14H20INO/c1-2-3-7-10-16(14(17)11-15)12-13-8-5-4-6-9-13/h4-6,8-9H,2-3,7,10-12H2,1H3. The maximum Gasteiger partial charge on any atom is 0.232 e. The Labute approximate surface area is 118 Å².